The molecule has 0 radical (unpaired) electrons. The van der Waals surface area contributed by atoms with E-state index in [-0.39, 0.29) is 12.3 Å². The van der Waals surface area contributed by atoms with Crippen LogP contribution in [0, 0.1) is 6.92 Å². The van der Waals surface area contributed by atoms with Crippen LogP contribution in [0.25, 0.3) is 11.5 Å². The number of amides is 1. The molecule has 0 unspecified atom stereocenters. The molecule has 0 fully saturated rings. The first-order valence-corrected chi connectivity index (χ1v) is 8.87. The van der Waals surface area contributed by atoms with Crippen molar-refractivity contribution in [2.75, 3.05) is 6.54 Å². The Hall–Kier alpha value is -2.40. The number of carbonyl (C=O) groups excluding carboxylic acids is 1. The summed E-state index contributed by atoms with van der Waals surface area (Å²) < 4.78 is 5.74. The second-order valence-corrected chi connectivity index (χ2v) is 6.58. The van der Waals surface area contributed by atoms with Gasteiger partial charge in [0.25, 0.3) is 0 Å². The molecule has 2 heterocycles. The fourth-order valence-electron chi connectivity index (χ4n) is 2.52. The van der Waals surface area contributed by atoms with Crippen LogP contribution in [0.3, 0.4) is 0 Å². The lowest BCUT2D eigenvalue weighted by Crippen LogP contribution is -2.31. The highest BCUT2D eigenvalue weighted by molar-refractivity contribution is 7.09. The Morgan fingerprint density at radius 2 is 2.00 bits per heavy atom. The van der Waals surface area contributed by atoms with Crippen molar-refractivity contribution in [3.05, 3.63) is 64.2 Å². The first kappa shape index (κ1) is 16.5. The Labute approximate surface area is 145 Å². The first-order valence-electron chi connectivity index (χ1n) is 7.99. The van der Waals surface area contributed by atoms with Crippen molar-refractivity contribution in [3.8, 4) is 11.5 Å². The lowest BCUT2D eigenvalue weighted by Gasteiger charge is -2.19. The zero-order chi connectivity index (χ0) is 16.9. The van der Waals surface area contributed by atoms with E-state index >= 15 is 0 Å². The minimum atomic E-state index is 0.0712. The minimum absolute atomic E-state index is 0.0712. The molecule has 0 spiro atoms. The number of rotatable bonds is 6. The quantitative estimate of drug-likeness (QED) is 0.672. The van der Waals surface area contributed by atoms with Crippen molar-refractivity contribution < 1.29 is 9.21 Å². The van der Waals surface area contributed by atoms with Crippen LogP contribution in [0.1, 0.15) is 23.3 Å². The Balaban J connectivity index is 1.73. The zero-order valence-corrected chi connectivity index (χ0v) is 14.7. The summed E-state index contributed by atoms with van der Waals surface area (Å²) in [6.07, 6.45) is 0.265. The van der Waals surface area contributed by atoms with E-state index in [0.29, 0.717) is 30.4 Å². The third-order valence-electron chi connectivity index (χ3n) is 3.89. The number of oxazole rings is 1. The summed E-state index contributed by atoms with van der Waals surface area (Å²) in [5, 5.41) is 2.03. The monoisotopic (exact) mass is 340 g/mol. The molecule has 1 amide bonds. The number of benzene rings is 1. The highest BCUT2D eigenvalue weighted by Gasteiger charge is 2.18. The predicted molar refractivity (Wildman–Crippen MR) is 95.8 cm³/mol. The van der Waals surface area contributed by atoms with Gasteiger partial charge in [-0.05, 0) is 37.4 Å². The highest BCUT2D eigenvalue weighted by atomic mass is 32.1. The maximum absolute atomic E-state index is 12.6. The molecule has 0 saturated carbocycles. The summed E-state index contributed by atoms with van der Waals surface area (Å²) in [4.78, 5) is 20.2. The average molecular weight is 340 g/mol. The normalized spacial score (nSPS) is 10.8. The Bertz CT molecular complexity index is 794. The predicted octanol–water partition coefficient (Wildman–Crippen LogP) is 4.30. The second-order valence-electron chi connectivity index (χ2n) is 5.55. The van der Waals surface area contributed by atoms with Crippen LogP contribution in [0.4, 0.5) is 0 Å². The van der Waals surface area contributed by atoms with Gasteiger partial charge < -0.3 is 9.32 Å². The van der Waals surface area contributed by atoms with Crippen molar-refractivity contribution in [3.63, 3.8) is 0 Å². The van der Waals surface area contributed by atoms with E-state index in [1.165, 1.54) is 4.88 Å². The van der Waals surface area contributed by atoms with Crippen molar-refractivity contribution in [1.29, 1.82) is 0 Å². The molecule has 5 heteroatoms. The van der Waals surface area contributed by atoms with Gasteiger partial charge in [0.15, 0.2) is 0 Å². The number of likely N-dealkylation sites (N-methyl/N-ethyl adjacent to an activating group) is 1. The fraction of sp³-hybridized carbons (Fsp3) is 0.263. The number of nitrogens with zero attached hydrogens (tertiary/aromatic N) is 2. The zero-order valence-electron chi connectivity index (χ0n) is 13.9. The molecule has 3 rings (SSSR count). The molecule has 0 atom stereocenters. The minimum Gasteiger partial charge on any atom is -0.441 e. The summed E-state index contributed by atoms with van der Waals surface area (Å²) in [6.45, 7) is 5.18. The Morgan fingerprint density at radius 1 is 1.21 bits per heavy atom. The third-order valence-corrected chi connectivity index (χ3v) is 4.75. The lowest BCUT2D eigenvalue weighted by atomic mass is 10.2. The molecule has 4 nitrogen and oxygen atoms in total. The number of carbonyl (C=O) groups is 1. The summed E-state index contributed by atoms with van der Waals surface area (Å²) in [5.74, 6) is 1.34. The molecule has 24 heavy (non-hydrogen) atoms. The maximum atomic E-state index is 12.6. The van der Waals surface area contributed by atoms with Gasteiger partial charge >= 0.3 is 0 Å². The van der Waals surface area contributed by atoms with E-state index in [0.717, 1.165) is 5.56 Å². The Morgan fingerprint density at radius 3 is 2.67 bits per heavy atom. The van der Waals surface area contributed by atoms with Crippen LogP contribution in [-0.2, 0) is 17.8 Å². The van der Waals surface area contributed by atoms with Crippen LogP contribution in [-0.4, -0.2) is 22.3 Å². The summed E-state index contributed by atoms with van der Waals surface area (Å²) in [7, 11) is 0. The number of thiophene rings is 1. The fourth-order valence-corrected chi connectivity index (χ4v) is 3.24. The molecule has 0 aliphatic carbocycles. The van der Waals surface area contributed by atoms with Gasteiger partial charge in [0, 0.05) is 17.0 Å². The van der Waals surface area contributed by atoms with Crippen LogP contribution in [0.5, 0.6) is 0 Å². The summed E-state index contributed by atoms with van der Waals surface area (Å²) in [6, 6.07) is 13.8. The average Bonchev–Trinajstić information content (AvgIpc) is 3.23. The van der Waals surface area contributed by atoms with Crippen molar-refractivity contribution in [2.24, 2.45) is 0 Å². The van der Waals surface area contributed by atoms with Gasteiger partial charge in [0.2, 0.25) is 11.8 Å². The van der Waals surface area contributed by atoms with Gasteiger partial charge in [0.1, 0.15) is 5.76 Å². The molecule has 0 aliphatic rings. The molecule has 3 aromatic rings. The van der Waals surface area contributed by atoms with Crippen molar-refractivity contribution >= 4 is 17.2 Å². The van der Waals surface area contributed by atoms with Gasteiger partial charge in [-0.15, -0.1) is 11.3 Å². The van der Waals surface area contributed by atoms with E-state index in [4.69, 9.17) is 4.42 Å². The van der Waals surface area contributed by atoms with E-state index in [2.05, 4.69) is 11.1 Å². The molecule has 124 valence electrons. The van der Waals surface area contributed by atoms with Crippen LogP contribution in [0.15, 0.2) is 52.3 Å². The number of aryl methyl sites for hydroxylation is 1. The molecule has 2 aromatic heterocycles. The first-order chi connectivity index (χ1) is 11.7. The second kappa shape index (κ2) is 7.45. The largest absolute Gasteiger partial charge is 0.441 e. The molecular formula is C19H20N2O2S. The molecular weight excluding hydrogens is 320 g/mol. The molecule has 1 aromatic carbocycles. The van der Waals surface area contributed by atoms with E-state index in [9.17, 15) is 4.79 Å². The smallest absolute Gasteiger partial charge is 0.229 e. The van der Waals surface area contributed by atoms with E-state index < -0.39 is 0 Å². The van der Waals surface area contributed by atoms with Crippen LogP contribution in [0.2, 0.25) is 0 Å². The lowest BCUT2D eigenvalue weighted by molar-refractivity contribution is -0.130. The van der Waals surface area contributed by atoms with Gasteiger partial charge in [-0.25, -0.2) is 4.98 Å². The topological polar surface area (TPSA) is 46.3 Å². The standard InChI is InChI=1S/C19H20N2O2S/c1-3-21(13-16-10-7-11-24-16)18(22)12-17-14(2)23-19(20-17)15-8-5-4-6-9-15/h4-11H,3,12-13H2,1-2H3. The number of hydrogen-bond donors (Lipinski definition) is 0. The maximum Gasteiger partial charge on any atom is 0.229 e. The number of hydrogen-bond acceptors (Lipinski definition) is 4. The van der Waals surface area contributed by atoms with Crippen LogP contribution >= 0.6 is 11.3 Å². The third kappa shape index (κ3) is 3.74. The van der Waals surface area contributed by atoms with Gasteiger partial charge in [0.05, 0.1) is 18.7 Å². The molecule has 0 N–H and O–H groups in total. The summed E-state index contributed by atoms with van der Waals surface area (Å²) >= 11 is 1.67. The summed E-state index contributed by atoms with van der Waals surface area (Å²) in [5.41, 5.74) is 1.63. The van der Waals surface area contributed by atoms with Gasteiger partial charge in [-0.1, -0.05) is 24.3 Å². The SMILES string of the molecule is CCN(Cc1cccs1)C(=O)Cc1nc(-c2ccccc2)oc1C. The molecule has 0 aliphatic heterocycles. The van der Waals surface area contributed by atoms with Crippen molar-refractivity contribution in [1.82, 2.24) is 9.88 Å². The van der Waals surface area contributed by atoms with Crippen molar-refractivity contribution in [2.45, 2.75) is 26.8 Å². The Kier molecular flexibility index (Phi) is 5.11. The van der Waals surface area contributed by atoms with E-state index in [1.54, 1.807) is 11.3 Å². The van der Waals surface area contributed by atoms with Gasteiger partial charge in [-0.2, -0.15) is 0 Å². The van der Waals surface area contributed by atoms with Crippen LogP contribution < -0.4 is 0 Å². The van der Waals surface area contributed by atoms with Gasteiger partial charge in [-0.3, -0.25) is 4.79 Å². The number of aromatic nitrogens is 1. The van der Waals surface area contributed by atoms with E-state index in [1.807, 2.05) is 60.5 Å². The highest BCUT2D eigenvalue weighted by Crippen LogP contribution is 2.22. The molecule has 0 bridgehead atoms. The molecule has 0 saturated heterocycles.